The Labute approximate surface area is 132 Å². The highest BCUT2D eigenvalue weighted by molar-refractivity contribution is 6.01. The van der Waals surface area contributed by atoms with Crippen molar-refractivity contribution in [3.63, 3.8) is 0 Å². The van der Waals surface area contributed by atoms with Crippen molar-refractivity contribution >= 4 is 11.9 Å². The third-order valence-corrected chi connectivity index (χ3v) is 5.10. The zero-order valence-corrected chi connectivity index (χ0v) is 14.1. The molecule has 2 aliphatic carbocycles. The van der Waals surface area contributed by atoms with E-state index in [1.54, 1.807) is 7.11 Å². The van der Waals surface area contributed by atoms with E-state index in [9.17, 15) is 9.59 Å². The van der Waals surface area contributed by atoms with Crippen molar-refractivity contribution in [1.29, 1.82) is 0 Å². The summed E-state index contributed by atoms with van der Waals surface area (Å²) in [5, 5.41) is 0. The topological polar surface area (TPSA) is 61.8 Å². The quantitative estimate of drug-likeness (QED) is 0.443. The second-order valence-corrected chi connectivity index (χ2v) is 6.89. The fourth-order valence-corrected chi connectivity index (χ4v) is 3.38. The lowest BCUT2D eigenvalue weighted by Crippen LogP contribution is -2.41. The second kappa shape index (κ2) is 6.03. The first-order chi connectivity index (χ1) is 10.3. The Morgan fingerprint density at radius 1 is 1.14 bits per heavy atom. The van der Waals surface area contributed by atoms with Gasteiger partial charge in [0.25, 0.3) is 0 Å². The number of esters is 2. The molecule has 2 aliphatic rings. The summed E-state index contributed by atoms with van der Waals surface area (Å²) in [4.78, 5) is 24.7. The van der Waals surface area contributed by atoms with E-state index in [1.165, 1.54) is 27.1 Å². The van der Waals surface area contributed by atoms with Crippen molar-refractivity contribution in [2.75, 3.05) is 21.3 Å². The Kier molecular flexibility index (Phi) is 4.66. The molecule has 0 bridgehead atoms. The van der Waals surface area contributed by atoms with Crippen LogP contribution in [0, 0.1) is 17.3 Å². The standard InChI is InChI=1S/C17H26O5/c1-16(2,22-5)13-10-17(14(18)20-3,15(19)21-4)9-12(13)8-11-6-7-11/h8,11,13H,6-7,9-10H2,1-5H3/b12-8+/t13-/m0/s1. The van der Waals surface area contributed by atoms with Crippen LogP contribution in [0.15, 0.2) is 11.6 Å². The third-order valence-electron chi connectivity index (χ3n) is 5.10. The van der Waals surface area contributed by atoms with Crippen molar-refractivity contribution in [1.82, 2.24) is 0 Å². The molecule has 5 nitrogen and oxygen atoms in total. The van der Waals surface area contributed by atoms with Crippen molar-refractivity contribution in [2.24, 2.45) is 17.3 Å². The molecular weight excluding hydrogens is 284 g/mol. The fraction of sp³-hybridized carbons (Fsp3) is 0.765. The number of ether oxygens (including phenoxy) is 3. The number of carbonyl (C=O) groups is 2. The zero-order chi connectivity index (χ0) is 16.5. The van der Waals surface area contributed by atoms with Gasteiger partial charge in [-0.2, -0.15) is 0 Å². The van der Waals surface area contributed by atoms with Crippen molar-refractivity contribution in [2.45, 2.75) is 45.1 Å². The SMILES string of the molecule is COC(=O)C1(C(=O)OC)C/C(=C\C2CC2)[C@@H](C(C)(C)OC)C1. The van der Waals surface area contributed by atoms with Gasteiger partial charge in [-0.1, -0.05) is 11.6 Å². The number of rotatable bonds is 5. The highest BCUT2D eigenvalue weighted by Crippen LogP contribution is 2.52. The van der Waals surface area contributed by atoms with Gasteiger partial charge in [-0.15, -0.1) is 0 Å². The van der Waals surface area contributed by atoms with Crippen LogP contribution in [0.3, 0.4) is 0 Å². The van der Waals surface area contributed by atoms with Gasteiger partial charge in [0.05, 0.1) is 19.8 Å². The van der Waals surface area contributed by atoms with Crippen LogP contribution in [0.1, 0.15) is 39.5 Å². The summed E-state index contributed by atoms with van der Waals surface area (Å²) in [6.07, 6.45) is 5.30. The van der Waals surface area contributed by atoms with E-state index in [-0.39, 0.29) is 5.92 Å². The molecule has 0 radical (unpaired) electrons. The molecule has 0 spiro atoms. The van der Waals surface area contributed by atoms with Gasteiger partial charge in [0.1, 0.15) is 0 Å². The molecule has 0 N–H and O–H groups in total. The number of methoxy groups -OCH3 is 3. The zero-order valence-electron chi connectivity index (χ0n) is 14.1. The minimum absolute atomic E-state index is 0.00343. The van der Waals surface area contributed by atoms with Gasteiger partial charge in [0, 0.05) is 13.0 Å². The summed E-state index contributed by atoms with van der Waals surface area (Å²) in [6.45, 7) is 3.98. The normalized spacial score (nSPS) is 26.0. The van der Waals surface area contributed by atoms with Crippen molar-refractivity contribution < 1.29 is 23.8 Å². The second-order valence-electron chi connectivity index (χ2n) is 6.89. The third kappa shape index (κ3) is 2.91. The molecule has 5 heteroatoms. The van der Waals surface area contributed by atoms with Gasteiger partial charge in [0.15, 0.2) is 5.41 Å². The molecule has 0 aromatic rings. The Balaban J connectivity index is 2.42. The predicted molar refractivity (Wildman–Crippen MR) is 81.1 cm³/mol. The molecule has 0 aliphatic heterocycles. The molecule has 1 atom stereocenters. The van der Waals surface area contributed by atoms with Crippen molar-refractivity contribution in [3.8, 4) is 0 Å². The van der Waals surface area contributed by atoms with E-state index in [0.29, 0.717) is 18.8 Å². The maximum Gasteiger partial charge on any atom is 0.323 e. The smallest absolute Gasteiger partial charge is 0.323 e. The van der Waals surface area contributed by atoms with Gasteiger partial charge in [-0.25, -0.2) is 0 Å². The van der Waals surface area contributed by atoms with E-state index in [0.717, 1.165) is 5.57 Å². The van der Waals surface area contributed by atoms with Crippen LogP contribution in [-0.2, 0) is 23.8 Å². The summed E-state index contributed by atoms with van der Waals surface area (Å²) in [7, 11) is 4.28. The number of allylic oxidation sites excluding steroid dienone is 1. The molecule has 2 rings (SSSR count). The predicted octanol–water partition coefficient (Wildman–Crippen LogP) is 2.49. The average molecular weight is 310 g/mol. The highest BCUT2D eigenvalue weighted by atomic mass is 16.5. The molecule has 0 saturated heterocycles. The fourth-order valence-electron chi connectivity index (χ4n) is 3.38. The molecule has 0 aromatic heterocycles. The van der Waals surface area contributed by atoms with E-state index in [2.05, 4.69) is 6.08 Å². The lowest BCUT2D eigenvalue weighted by atomic mass is 9.81. The summed E-state index contributed by atoms with van der Waals surface area (Å²) in [5.74, 6) is -0.474. The van der Waals surface area contributed by atoms with Gasteiger partial charge in [-0.3, -0.25) is 9.59 Å². The van der Waals surface area contributed by atoms with Crippen LogP contribution in [-0.4, -0.2) is 38.9 Å². The minimum atomic E-state index is -1.25. The van der Waals surface area contributed by atoms with Gasteiger partial charge in [-0.05, 0) is 45.4 Å². The molecule has 2 fully saturated rings. The van der Waals surface area contributed by atoms with Gasteiger partial charge >= 0.3 is 11.9 Å². The summed E-state index contributed by atoms with van der Waals surface area (Å²) in [5.41, 5.74) is -0.583. The number of hydrogen-bond donors (Lipinski definition) is 0. The number of carbonyl (C=O) groups excluding carboxylic acids is 2. The van der Waals surface area contributed by atoms with E-state index >= 15 is 0 Å². The van der Waals surface area contributed by atoms with Crippen LogP contribution in [0.4, 0.5) is 0 Å². The summed E-state index contributed by atoms with van der Waals surface area (Å²) in [6, 6.07) is 0. The first kappa shape index (κ1) is 17.0. The Hall–Kier alpha value is -1.36. The molecule has 0 amide bonds. The monoisotopic (exact) mass is 310 g/mol. The van der Waals surface area contributed by atoms with Crippen LogP contribution >= 0.6 is 0 Å². The molecular formula is C17H26O5. The largest absolute Gasteiger partial charge is 0.468 e. The molecule has 2 saturated carbocycles. The van der Waals surface area contributed by atoms with E-state index < -0.39 is 23.0 Å². The van der Waals surface area contributed by atoms with Crippen molar-refractivity contribution in [3.05, 3.63) is 11.6 Å². The summed E-state index contributed by atoms with van der Waals surface area (Å²) >= 11 is 0. The average Bonchev–Trinajstić information content (AvgIpc) is 3.23. The van der Waals surface area contributed by atoms with Crippen LogP contribution in [0.25, 0.3) is 0 Å². The van der Waals surface area contributed by atoms with Crippen LogP contribution < -0.4 is 0 Å². The lowest BCUT2D eigenvalue weighted by molar-refractivity contribution is -0.169. The van der Waals surface area contributed by atoms with Crippen LogP contribution in [0.5, 0.6) is 0 Å². The van der Waals surface area contributed by atoms with E-state index in [4.69, 9.17) is 14.2 Å². The van der Waals surface area contributed by atoms with Gasteiger partial charge < -0.3 is 14.2 Å². The van der Waals surface area contributed by atoms with E-state index in [1.807, 2.05) is 13.8 Å². The molecule has 0 heterocycles. The Morgan fingerprint density at radius 3 is 2.09 bits per heavy atom. The minimum Gasteiger partial charge on any atom is -0.468 e. The van der Waals surface area contributed by atoms with Gasteiger partial charge in [0.2, 0.25) is 0 Å². The summed E-state index contributed by atoms with van der Waals surface area (Å²) < 4.78 is 15.5. The Morgan fingerprint density at radius 2 is 1.68 bits per heavy atom. The Bertz CT molecular complexity index is 471. The lowest BCUT2D eigenvalue weighted by Gasteiger charge is -2.32. The molecule has 0 unspecified atom stereocenters. The van der Waals surface area contributed by atoms with Crippen LogP contribution in [0.2, 0.25) is 0 Å². The number of hydrogen-bond acceptors (Lipinski definition) is 5. The maximum atomic E-state index is 12.4. The highest BCUT2D eigenvalue weighted by Gasteiger charge is 2.58. The molecule has 0 aromatic carbocycles. The first-order valence-electron chi connectivity index (χ1n) is 7.73. The first-order valence-corrected chi connectivity index (χ1v) is 7.73. The maximum absolute atomic E-state index is 12.4. The molecule has 124 valence electrons. The molecule has 22 heavy (non-hydrogen) atoms.